The number of nitrogens with zero attached hydrogens (tertiary/aromatic N) is 1. The summed E-state index contributed by atoms with van der Waals surface area (Å²) in [5.41, 5.74) is 6.58. The second kappa shape index (κ2) is 7.29. The minimum absolute atomic E-state index is 0.373. The zero-order valence-electron chi connectivity index (χ0n) is 12.9. The number of nitrogens with two attached hydrogens (primary N) is 1. The maximum absolute atomic E-state index is 11.8. The third-order valence-electron chi connectivity index (χ3n) is 4.20. The Hall–Kier alpha value is -1.78. The molecule has 0 spiro atoms. The molecule has 1 aliphatic carbocycles. The summed E-state index contributed by atoms with van der Waals surface area (Å²) in [6, 6.07) is 1.99. The standard InChI is InChI=1S/C16H25N3O2/c1-3-4-11-5-7-13(8-6-11)19-15-14(16(20)21-2)9-12(17)10-18-15/h9-11,13H,3-8,17H2,1-2H3,(H,18,19). The van der Waals surface area contributed by atoms with Gasteiger partial charge in [0.2, 0.25) is 0 Å². The number of aromatic nitrogens is 1. The minimum Gasteiger partial charge on any atom is -0.465 e. The smallest absolute Gasteiger partial charge is 0.341 e. The molecule has 1 fully saturated rings. The van der Waals surface area contributed by atoms with E-state index in [0.717, 1.165) is 18.8 Å². The zero-order valence-corrected chi connectivity index (χ0v) is 12.9. The molecule has 1 saturated carbocycles. The van der Waals surface area contributed by atoms with Crippen molar-refractivity contribution in [3.63, 3.8) is 0 Å². The molecule has 1 heterocycles. The molecule has 0 aromatic carbocycles. The number of rotatable bonds is 5. The molecule has 2 rings (SSSR count). The first kappa shape index (κ1) is 15.6. The Kier molecular flexibility index (Phi) is 5.42. The summed E-state index contributed by atoms with van der Waals surface area (Å²) in [5, 5.41) is 3.39. The zero-order chi connectivity index (χ0) is 15.2. The van der Waals surface area contributed by atoms with E-state index >= 15 is 0 Å². The predicted octanol–water partition coefficient (Wildman–Crippen LogP) is 3.22. The molecule has 116 valence electrons. The lowest BCUT2D eigenvalue weighted by Crippen LogP contribution is -2.27. The maximum Gasteiger partial charge on any atom is 0.341 e. The van der Waals surface area contributed by atoms with Crippen LogP contribution in [0.15, 0.2) is 12.3 Å². The second-order valence-electron chi connectivity index (χ2n) is 5.81. The van der Waals surface area contributed by atoms with Crippen molar-refractivity contribution in [2.45, 2.75) is 51.5 Å². The molecule has 0 atom stereocenters. The number of carbonyl (C=O) groups excluding carboxylic acids is 1. The number of carbonyl (C=O) groups is 1. The Morgan fingerprint density at radius 3 is 2.76 bits per heavy atom. The summed E-state index contributed by atoms with van der Waals surface area (Å²) < 4.78 is 4.80. The summed E-state index contributed by atoms with van der Waals surface area (Å²) in [6.45, 7) is 2.24. The van der Waals surface area contributed by atoms with Crippen LogP contribution in [0.1, 0.15) is 55.8 Å². The van der Waals surface area contributed by atoms with Gasteiger partial charge in [-0.2, -0.15) is 0 Å². The van der Waals surface area contributed by atoms with Crippen LogP contribution in [-0.4, -0.2) is 24.1 Å². The minimum atomic E-state index is -0.406. The average Bonchev–Trinajstić information content (AvgIpc) is 2.50. The van der Waals surface area contributed by atoms with Crippen LogP contribution < -0.4 is 11.1 Å². The summed E-state index contributed by atoms with van der Waals surface area (Å²) in [6.07, 6.45) is 8.88. The van der Waals surface area contributed by atoms with Gasteiger partial charge in [0, 0.05) is 6.04 Å². The number of esters is 1. The first-order valence-electron chi connectivity index (χ1n) is 7.74. The SMILES string of the molecule is CCCC1CCC(Nc2ncc(N)cc2C(=O)OC)CC1. The molecule has 0 bridgehead atoms. The number of nitrogens with one attached hydrogen (secondary N) is 1. The highest BCUT2D eigenvalue weighted by molar-refractivity contribution is 5.95. The molecule has 5 nitrogen and oxygen atoms in total. The number of hydrogen-bond acceptors (Lipinski definition) is 5. The first-order chi connectivity index (χ1) is 10.1. The number of anilines is 2. The molecule has 0 saturated heterocycles. The van der Waals surface area contributed by atoms with Crippen molar-refractivity contribution < 1.29 is 9.53 Å². The Morgan fingerprint density at radius 1 is 1.43 bits per heavy atom. The van der Waals surface area contributed by atoms with E-state index in [1.807, 2.05) is 0 Å². The lowest BCUT2D eigenvalue weighted by molar-refractivity contribution is 0.0601. The van der Waals surface area contributed by atoms with Gasteiger partial charge in [-0.05, 0) is 37.7 Å². The molecule has 1 aromatic rings. The van der Waals surface area contributed by atoms with E-state index in [-0.39, 0.29) is 0 Å². The molecule has 5 heteroatoms. The number of ether oxygens (including phenoxy) is 1. The third kappa shape index (κ3) is 4.09. The van der Waals surface area contributed by atoms with Crippen molar-refractivity contribution in [2.75, 3.05) is 18.2 Å². The molecule has 0 radical (unpaired) electrons. The topological polar surface area (TPSA) is 77.2 Å². The molecule has 1 aromatic heterocycles. The summed E-state index contributed by atoms with van der Waals surface area (Å²) in [4.78, 5) is 16.1. The molecular weight excluding hydrogens is 266 g/mol. The summed E-state index contributed by atoms with van der Waals surface area (Å²) in [7, 11) is 1.37. The first-order valence-corrected chi connectivity index (χ1v) is 7.74. The lowest BCUT2D eigenvalue weighted by atomic mass is 9.83. The van der Waals surface area contributed by atoms with Crippen LogP contribution in [0.5, 0.6) is 0 Å². The van der Waals surface area contributed by atoms with Gasteiger partial charge in [0.05, 0.1) is 19.0 Å². The fourth-order valence-electron chi connectivity index (χ4n) is 3.06. The van der Waals surface area contributed by atoms with Gasteiger partial charge in [0.15, 0.2) is 0 Å². The quantitative estimate of drug-likeness (QED) is 0.814. The highest BCUT2D eigenvalue weighted by Gasteiger charge is 2.22. The van der Waals surface area contributed by atoms with E-state index in [9.17, 15) is 4.79 Å². The number of pyridine rings is 1. The van der Waals surface area contributed by atoms with E-state index in [2.05, 4.69) is 17.2 Å². The average molecular weight is 291 g/mol. The van der Waals surface area contributed by atoms with Crippen LogP contribution in [0.2, 0.25) is 0 Å². The van der Waals surface area contributed by atoms with Crippen molar-refractivity contribution >= 4 is 17.5 Å². The normalized spacial score (nSPS) is 21.8. The molecule has 21 heavy (non-hydrogen) atoms. The highest BCUT2D eigenvalue weighted by atomic mass is 16.5. The van der Waals surface area contributed by atoms with Gasteiger partial charge in [0.1, 0.15) is 11.4 Å². The van der Waals surface area contributed by atoms with E-state index < -0.39 is 5.97 Å². The molecule has 3 N–H and O–H groups in total. The van der Waals surface area contributed by atoms with Gasteiger partial charge in [0.25, 0.3) is 0 Å². The van der Waals surface area contributed by atoms with Gasteiger partial charge in [-0.15, -0.1) is 0 Å². The van der Waals surface area contributed by atoms with Gasteiger partial charge < -0.3 is 15.8 Å². The Balaban J connectivity index is 2.02. The van der Waals surface area contributed by atoms with Crippen molar-refractivity contribution in [1.29, 1.82) is 0 Å². The molecule has 1 aliphatic rings. The Labute approximate surface area is 126 Å². The van der Waals surface area contributed by atoms with Crippen molar-refractivity contribution in [1.82, 2.24) is 4.98 Å². The fraction of sp³-hybridized carbons (Fsp3) is 0.625. The van der Waals surface area contributed by atoms with E-state index in [1.165, 1.54) is 32.8 Å². The number of methoxy groups -OCH3 is 1. The van der Waals surface area contributed by atoms with Gasteiger partial charge in [-0.1, -0.05) is 19.8 Å². The molecular formula is C16H25N3O2. The van der Waals surface area contributed by atoms with Crippen LogP contribution in [0, 0.1) is 5.92 Å². The summed E-state index contributed by atoms with van der Waals surface area (Å²) >= 11 is 0. The molecule has 0 unspecified atom stereocenters. The van der Waals surface area contributed by atoms with Crippen LogP contribution in [-0.2, 0) is 4.74 Å². The van der Waals surface area contributed by atoms with Crippen molar-refractivity contribution in [3.05, 3.63) is 17.8 Å². The lowest BCUT2D eigenvalue weighted by Gasteiger charge is -2.29. The largest absolute Gasteiger partial charge is 0.465 e. The highest BCUT2D eigenvalue weighted by Crippen LogP contribution is 2.30. The molecule has 0 amide bonds. The third-order valence-corrected chi connectivity index (χ3v) is 4.20. The van der Waals surface area contributed by atoms with E-state index in [4.69, 9.17) is 10.5 Å². The van der Waals surface area contributed by atoms with E-state index in [1.54, 1.807) is 12.3 Å². The van der Waals surface area contributed by atoms with Crippen LogP contribution in [0.25, 0.3) is 0 Å². The van der Waals surface area contributed by atoms with Crippen LogP contribution >= 0.6 is 0 Å². The van der Waals surface area contributed by atoms with Gasteiger partial charge >= 0.3 is 5.97 Å². The number of hydrogen-bond donors (Lipinski definition) is 2. The molecule has 0 aliphatic heterocycles. The summed E-state index contributed by atoms with van der Waals surface area (Å²) in [5.74, 6) is 1.03. The fourth-order valence-corrected chi connectivity index (χ4v) is 3.06. The van der Waals surface area contributed by atoms with Crippen molar-refractivity contribution in [2.24, 2.45) is 5.92 Å². The number of nitrogen functional groups attached to an aromatic ring is 1. The Bertz CT molecular complexity index is 482. The van der Waals surface area contributed by atoms with Crippen LogP contribution in [0.4, 0.5) is 11.5 Å². The monoisotopic (exact) mass is 291 g/mol. The van der Waals surface area contributed by atoms with Gasteiger partial charge in [-0.3, -0.25) is 0 Å². The van der Waals surface area contributed by atoms with E-state index in [0.29, 0.717) is 23.1 Å². The predicted molar refractivity (Wildman–Crippen MR) is 84.3 cm³/mol. The van der Waals surface area contributed by atoms with Crippen LogP contribution in [0.3, 0.4) is 0 Å². The maximum atomic E-state index is 11.8. The Morgan fingerprint density at radius 2 is 2.14 bits per heavy atom. The van der Waals surface area contributed by atoms with Gasteiger partial charge in [-0.25, -0.2) is 9.78 Å². The second-order valence-corrected chi connectivity index (χ2v) is 5.81. The van der Waals surface area contributed by atoms with Crippen molar-refractivity contribution in [3.8, 4) is 0 Å².